The number of piperazine rings is 1. The Hall–Kier alpha value is -1.74. The van der Waals surface area contributed by atoms with Crippen molar-refractivity contribution in [3.8, 4) is 5.75 Å². The molecule has 1 amide bonds. The highest BCUT2D eigenvalue weighted by molar-refractivity contribution is 5.85. The molecule has 0 radical (unpaired) electrons. The van der Waals surface area contributed by atoms with Gasteiger partial charge in [0.05, 0.1) is 20.8 Å². The summed E-state index contributed by atoms with van der Waals surface area (Å²) in [6.45, 7) is 7.42. The van der Waals surface area contributed by atoms with Gasteiger partial charge in [-0.2, -0.15) is 0 Å². The highest BCUT2D eigenvalue weighted by Crippen LogP contribution is 2.43. The van der Waals surface area contributed by atoms with Crippen molar-refractivity contribution in [1.82, 2.24) is 14.7 Å². The minimum Gasteiger partial charge on any atom is -0.497 e. The average molecular weight is 586 g/mol. The lowest BCUT2D eigenvalue weighted by Crippen LogP contribution is -2.66. The zero-order valence-corrected chi connectivity index (χ0v) is 25.1. The van der Waals surface area contributed by atoms with Crippen LogP contribution in [0.4, 0.5) is 5.69 Å². The molecule has 8 nitrogen and oxygen atoms in total. The maximum Gasteiger partial charge on any atom is 0.305 e. The zero-order valence-electron chi connectivity index (χ0n) is 23.5. The molecule has 4 atom stereocenters. The number of hydrogen-bond acceptors (Lipinski definition) is 7. The fraction of sp³-hybridized carbons (Fsp3) is 0.724. The first kappa shape index (κ1) is 31.8. The van der Waals surface area contributed by atoms with Crippen molar-refractivity contribution >= 4 is 42.4 Å². The summed E-state index contributed by atoms with van der Waals surface area (Å²) in [5, 5.41) is 0. The van der Waals surface area contributed by atoms with E-state index < -0.39 is 0 Å². The zero-order chi connectivity index (χ0) is 25.8. The van der Waals surface area contributed by atoms with Crippen molar-refractivity contribution in [2.24, 2.45) is 11.8 Å². The molecule has 10 heteroatoms. The van der Waals surface area contributed by atoms with Crippen LogP contribution in [-0.2, 0) is 14.3 Å². The van der Waals surface area contributed by atoms with E-state index in [0.29, 0.717) is 30.8 Å². The number of likely N-dealkylation sites (tertiary alicyclic amines) is 1. The van der Waals surface area contributed by atoms with Gasteiger partial charge in [-0.15, -0.1) is 24.8 Å². The molecule has 0 N–H and O–H groups in total. The van der Waals surface area contributed by atoms with E-state index in [4.69, 9.17) is 9.47 Å². The first-order chi connectivity index (χ1) is 18.1. The second-order valence-electron chi connectivity index (χ2n) is 11.3. The van der Waals surface area contributed by atoms with Crippen LogP contribution in [0.2, 0.25) is 0 Å². The Morgan fingerprint density at radius 2 is 1.62 bits per heavy atom. The Kier molecular flexibility index (Phi) is 12.0. The number of benzene rings is 1. The van der Waals surface area contributed by atoms with E-state index in [0.717, 1.165) is 51.3 Å². The van der Waals surface area contributed by atoms with E-state index in [9.17, 15) is 9.59 Å². The third-order valence-electron chi connectivity index (χ3n) is 9.27. The van der Waals surface area contributed by atoms with Crippen LogP contribution in [0.5, 0.6) is 5.75 Å². The third kappa shape index (κ3) is 7.32. The van der Waals surface area contributed by atoms with Gasteiger partial charge in [-0.05, 0) is 87.7 Å². The first-order valence-corrected chi connectivity index (χ1v) is 14.3. The van der Waals surface area contributed by atoms with Crippen molar-refractivity contribution in [1.29, 1.82) is 0 Å². The van der Waals surface area contributed by atoms with E-state index in [-0.39, 0.29) is 42.7 Å². The van der Waals surface area contributed by atoms with Crippen LogP contribution >= 0.6 is 24.8 Å². The summed E-state index contributed by atoms with van der Waals surface area (Å²) in [5.41, 5.74) is 1.21. The van der Waals surface area contributed by atoms with Crippen molar-refractivity contribution < 1.29 is 19.1 Å². The lowest BCUT2D eigenvalue weighted by atomic mass is 9.69. The van der Waals surface area contributed by atoms with Crippen LogP contribution in [0.15, 0.2) is 24.3 Å². The molecule has 0 aliphatic carbocycles. The Morgan fingerprint density at radius 1 is 0.923 bits per heavy atom. The molecule has 0 bridgehead atoms. The number of esters is 1. The Labute approximate surface area is 246 Å². The summed E-state index contributed by atoms with van der Waals surface area (Å²) in [6.07, 6.45) is 7.02. The van der Waals surface area contributed by atoms with Gasteiger partial charge >= 0.3 is 5.97 Å². The molecule has 0 saturated carbocycles. The molecular weight excluding hydrogens is 539 g/mol. The third-order valence-corrected chi connectivity index (χ3v) is 9.27. The van der Waals surface area contributed by atoms with Gasteiger partial charge in [-0.3, -0.25) is 19.4 Å². The van der Waals surface area contributed by atoms with Crippen LogP contribution in [0.1, 0.15) is 44.9 Å². The molecule has 5 rings (SSSR count). The highest BCUT2D eigenvalue weighted by atomic mass is 35.5. The van der Waals surface area contributed by atoms with Crippen molar-refractivity contribution in [2.75, 3.05) is 71.5 Å². The first-order valence-electron chi connectivity index (χ1n) is 14.3. The maximum absolute atomic E-state index is 13.8. The lowest BCUT2D eigenvalue weighted by Gasteiger charge is -2.57. The molecule has 4 unspecified atom stereocenters. The number of carbonyl (C=O) groups is 2. The molecule has 4 fully saturated rings. The van der Waals surface area contributed by atoms with Gasteiger partial charge in [0.1, 0.15) is 5.75 Å². The number of hydrogen-bond donors (Lipinski definition) is 0. The summed E-state index contributed by atoms with van der Waals surface area (Å²) < 4.78 is 10.2. The van der Waals surface area contributed by atoms with Crippen molar-refractivity contribution in [3.63, 3.8) is 0 Å². The number of halogens is 2. The van der Waals surface area contributed by atoms with Crippen LogP contribution in [0, 0.1) is 11.8 Å². The number of anilines is 1. The second kappa shape index (κ2) is 14.8. The normalized spacial score (nSPS) is 27.0. The fourth-order valence-electron chi connectivity index (χ4n) is 7.45. The van der Waals surface area contributed by atoms with Gasteiger partial charge in [0, 0.05) is 56.9 Å². The molecule has 0 aromatic heterocycles. The minimum absolute atomic E-state index is 0. The fourth-order valence-corrected chi connectivity index (χ4v) is 7.45. The Balaban J connectivity index is 0.00000210. The number of amides is 1. The van der Waals surface area contributed by atoms with Gasteiger partial charge in [-0.25, -0.2) is 0 Å². The van der Waals surface area contributed by atoms with Gasteiger partial charge in [0.25, 0.3) is 0 Å². The standard InChI is InChI=1S/C29H44N4O4.2ClH/c1-36-24-12-10-23(11-13-24)31-18-16-30(17-19-31)21-27(34)33-20-22-6-4-14-32-15-5-7-25(29(22)32)26(33)8-3-9-28(35)37-2;;/h10-13,22,25-26,29H,3-9,14-21H2,1-2H3;2*1H. The number of methoxy groups -OCH3 is 2. The van der Waals surface area contributed by atoms with Crippen molar-refractivity contribution in [2.45, 2.75) is 57.0 Å². The summed E-state index contributed by atoms with van der Waals surface area (Å²) >= 11 is 0. The SMILES string of the molecule is COC(=O)CCCC1C2CCCN3CCCC(CN1C(=O)CN1CCN(c4ccc(OC)cc4)CC1)C23.Cl.Cl. The van der Waals surface area contributed by atoms with Gasteiger partial charge < -0.3 is 19.3 Å². The molecule has 39 heavy (non-hydrogen) atoms. The Bertz CT molecular complexity index is 926. The van der Waals surface area contributed by atoms with Crippen LogP contribution in [-0.4, -0.2) is 105 Å². The van der Waals surface area contributed by atoms with Gasteiger partial charge in [-0.1, -0.05) is 0 Å². The molecular formula is C29H46Cl2N4O4. The number of piperidine rings is 3. The summed E-state index contributed by atoms with van der Waals surface area (Å²) in [6, 6.07) is 9.09. The minimum atomic E-state index is -0.149. The largest absolute Gasteiger partial charge is 0.497 e. The summed E-state index contributed by atoms with van der Waals surface area (Å²) in [7, 11) is 3.15. The van der Waals surface area contributed by atoms with Crippen LogP contribution in [0.3, 0.4) is 0 Å². The van der Waals surface area contributed by atoms with Crippen LogP contribution < -0.4 is 9.64 Å². The molecule has 4 aliphatic rings. The maximum atomic E-state index is 13.8. The quantitative estimate of drug-likeness (QED) is 0.431. The predicted octanol–water partition coefficient (Wildman–Crippen LogP) is 3.71. The summed E-state index contributed by atoms with van der Waals surface area (Å²) in [4.78, 5) is 35.3. The smallest absolute Gasteiger partial charge is 0.305 e. The topological polar surface area (TPSA) is 65.6 Å². The number of rotatable bonds is 8. The van der Waals surface area contributed by atoms with Crippen LogP contribution in [0.25, 0.3) is 0 Å². The number of ether oxygens (including phenoxy) is 2. The molecule has 0 spiro atoms. The van der Waals surface area contributed by atoms with E-state index in [1.165, 1.54) is 51.6 Å². The molecule has 220 valence electrons. The molecule has 4 saturated heterocycles. The number of carbonyl (C=O) groups excluding carboxylic acids is 2. The van der Waals surface area contributed by atoms with Gasteiger partial charge in [0.15, 0.2) is 0 Å². The molecule has 4 aliphatic heterocycles. The van der Waals surface area contributed by atoms with E-state index in [1.54, 1.807) is 7.11 Å². The average Bonchev–Trinajstić information content (AvgIpc) is 2.94. The monoisotopic (exact) mass is 584 g/mol. The molecule has 1 aromatic carbocycles. The van der Waals surface area contributed by atoms with E-state index >= 15 is 0 Å². The molecule has 4 heterocycles. The predicted molar refractivity (Wildman–Crippen MR) is 158 cm³/mol. The van der Waals surface area contributed by atoms with Gasteiger partial charge in [0.2, 0.25) is 5.91 Å². The lowest BCUT2D eigenvalue weighted by molar-refractivity contribution is -0.147. The van der Waals surface area contributed by atoms with E-state index in [1.807, 2.05) is 12.1 Å². The highest BCUT2D eigenvalue weighted by Gasteiger charge is 2.49. The van der Waals surface area contributed by atoms with Crippen molar-refractivity contribution in [3.05, 3.63) is 24.3 Å². The Morgan fingerprint density at radius 3 is 2.28 bits per heavy atom. The van der Waals surface area contributed by atoms with E-state index in [2.05, 4.69) is 31.7 Å². The summed E-state index contributed by atoms with van der Waals surface area (Å²) in [5.74, 6) is 2.12. The number of nitrogens with zero attached hydrogens (tertiary/aromatic N) is 4. The second-order valence-corrected chi connectivity index (χ2v) is 11.3. The molecule has 1 aromatic rings.